The maximum atomic E-state index is 12.1. The van der Waals surface area contributed by atoms with Gasteiger partial charge in [0.15, 0.2) is 16.8 Å². The number of halogens is 2. The van der Waals surface area contributed by atoms with E-state index in [-0.39, 0.29) is 15.7 Å². The van der Waals surface area contributed by atoms with E-state index < -0.39 is 9.84 Å². The van der Waals surface area contributed by atoms with E-state index in [2.05, 4.69) is 4.98 Å². The van der Waals surface area contributed by atoms with Crippen LogP contribution in [0.3, 0.4) is 0 Å². The number of hydrogen-bond donors (Lipinski definition) is 0. The van der Waals surface area contributed by atoms with E-state index in [1.807, 2.05) is 12.1 Å². The molecule has 0 amide bonds. The summed E-state index contributed by atoms with van der Waals surface area (Å²) in [5.41, 5.74) is 2.92. The molecule has 3 aromatic carbocycles. The molecular weight excluding hydrogens is 481 g/mol. The summed E-state index contributed by atoms with van der Waals surface area (Å²) in [5, 5.41) is 11.1. The van der Waals surface area contributed by atoms with Crippen LogP contribution >= 0.6 is 23.2 Å². The largest absolute Gasteiger partial charge is 0.316 e. The number of rotatable bonds is 6. The molecule has 1 heterocycles. The Morgan fingerprint density at radius 1 is 0.939 bits per heavy atom. The quantitative estimate of drug-likeness (QED) is 0.196. The van der Waals surface area contributed by atoms with Crippen molar-refractivity contribution in [3.05, 3.63) is 94.2 Å². The van der Waals surface area contributed by atoms with Crippen LogP contribution in [0.25, 0.3) is 22.5 Å². The third-order valence-electron chi connectivity index (χ3n) is 5.08. The number of benzene rings is 3. The molecule has 0 radical (unpaired) electrons. The zero-order chi connectivity index (χ0) is 23.6. The molecule has 4 aromatic rings. The van der Waals surface area contributed by atoms with Crippen molar-refractivity contribution in [1.82, 2.24) is 9.55 Å². The zero-order valence-corrected chi connectivity index (χ0v) is 19.3. The highest BCUT2D eigenvalue weighted by molar-refractivity contribution is 7.96. The molecule has 164 valence electrons. The summed E-state index contributed by atoms with van der Waals surface area (Å²) in [6, 6.07) is 20.6. The lowest BCUT2D eigenvalue weighted by molar-refractivity contribution is 0.111. The molecule has 1 aromatic heterocycles. The summed E-state index contributed by atoms with van der Waals surface area (Å²) in [4.78, 5) is 16.0. The van der Waals surface area contributed by atoms with Crippen molar-refractivity contribution < 1.29 is 13.2 Å². The van der Waals surface area contributed by atoms with Crippen LogP contribution in [0.5, 0.6) is 0 Å². The van der Waals surface area contributed by atoms with Gasteiger partial charge in [0.2, 0.25) is 0 Å². The fraction of sp³-hybridized carbons (Fsp3) is 0.0417. The molecule has 33 heavy (non-hydrogen) atoms. The minimum absolute atomic E-state index is 0.0464. The molecule has 6 nitrogen and oxygen atoms in total. The summed E-state index contributed by atoms with van der Waals surface area (Å²) in [7, 11) is -4.05. The van der Waals surface area contributed by atoms with Crippen LogP contribution in [0.2, 0.25) is 10.2 Å². The second-order valence-electron chi connectivity index (χ2n) is 7.11. The molecule has 0 saturated carbocycles. The van der Waals surface area contributed by atoms with Gasteiger partial charge in [0.05, 0.1) is 4.90 Å². The van der Waals surface area contributed by atoms with Gasteiger partial charge in [-0.25, -0.2) is 13.4 Å². The molecule has 0 aliphatic heterocycles. The molecule has 4 rings (SSSR count). The Kier molecular flexibility index (Phi) is 6.34. The van der Waals surface area contributed by atoms with Crippen molar-refractivity contribution in [2.45, 2.75) is 11.4 Å². The Bertz CT molecular complexity index is 1490. The van der Waals surface area contributed by atoms with Crippen LogP contribution < -0.4 is 0 Å². The smallest absolute Gasteiger partial charge is 0.270 e. The lowest BCUT2D eigenvalue weighted by Gasteiger charge is -2.12. The molecule has 0 unspecified atom stereocenters. The van der Waals surface area contributed by atoms with Crippen LogP contribution in [0.1, 0.15) is 16.1 Å². The average molecular weight is 496 g/mol. The van der Waals surface area contributed by atoms with E-state index in [1.54, 1.807) is 59.2 Å². The Hall–Kier alpha value is -3.44. The first-order valence-electron chi connectivity index (χ1n) is 9.65. The van der Waals surface area contributed by atoms with E-state index in [0.717, 1.165) is 11.1 Å². The molecule has 0 spiro atoms. The van der Waals surface area contributed by atoms with Crippen molar-refractivity contribution >= 4 is 39.3 Å². The van der Waals surface area contributed by atoms with Crippen molar-refractivity contribution in [2.75, 3.05) is 0 Å². The maximum Gasteiger partial charge on any atom is 0.270 e. The number of thiocyanates is 1. The van der Waals surface area contributed by atoms with E-state index >= 15 is 0 Å². The maximum absolute atomic E-state index is 12.1. The van der Waals surface area contributed by atoms with E-state index in [4.69, 9.17) is 28.5 Å². The number of aldehydes is 1. The number of imidazole rings is 1. The molecular formula is C24H15Cl2N3O3S. The Balaban J connectivity index is 1.72. The lowest BCUT2D eigenvalue weighted by atomic mass is 10.0. The van der Waals surface area contributed by atoms with Crippen LogP contribution in [0, 0.1) is 10.7 Å². The van der Waals surface area contributed by atoms with Gasteiger partial charge in [0, 0.05) is 22.7 Å². The first-order chi connectivity index (χ1) is 15.8. The summed E-state index contributed by atoms with van der Waals surface area (Å²) >= 11 is 12.2. The molecule has 9 heteroatoms. The van der Waals surface area contributed by atoms with Crippen molar-refractivity contribution in [3.8, 4) is 27.9 Å². The normalized spacial score (nSPS) is 11.2. The first kappa shape index (κ1) is 22.7. The van der Waals surface area contributed by atoms with Gasteiger partial charge in [-0.15, -0.1) is 0 Å². The van der Waals surface area contributed by atoms with Crippen molar-refractivity contribution in [1.29, 1.82) is 5.26 Å². The highest BCUT2D eigenvalue weighted by atomic mass is 35.5. The highest BCUT2D eigenvalue weighted by Gasteiger charge is 2.19. The molecule has 0 aliphatic carbocycles. The van der Waals surface area contributed by atoms with E-state index in [1.165, 1.54) is 11.5 Å². The lowest BCUT2D eigenvalue weighted by Crippen LogP contribution is -2.06. The van der Waals surface area contributed by atoms with Gasteiger partial charge in [-0.2, -0.15) is 5.26 Å². The minimum atomic E-state index is -4.05. The predicted octanol–water partition coefficient (Wildman–Crippen LogP) is 5.64. The summed E-state index contributed by atoms with van der Waals surface area (Å²) in [6.45, 7) is 0.310. The predicted molar refractivity (Wildman–Crippen MR) is 127 cm³/mol. The van der Waals surface area contributed by atoms with Gasteiger partial charge in [-0.3, -0.25) is 4.79 Å². The summed E-state index contributed by atoms with van der Waals surface area (Å²) < 4.78 is 26.0. The molecule has 0 saturated heterocycles. The van der Waals surface area contributed by atoms with Crippen LogP contribution in [-0.4, -0.2) is 24.3 Å². The topological polar surface area (TPSA) is 92.8 Å². The fourth-order valence-electron chi connectivity index (χ4n) is 3.49. The van der Waals surface area contributed by atoms with Crippen molar-refractivity contribution in [2.24, 2.45) is 0 Å². The standard InChI is InChI=1S/C24H15Cl2N3O3S/c25-19-11-9-18(10-12-19)24-28-23(26)21(14-30)29(24)13-16-5-7-17(8-6-16)20-3-1-2-4-22(20)33(31,32)15-27/h1-12,14H,13H2. The number of sulfone groups is 1. The second kappa shape index (κ2) is 9.20. The van der Waals surface area contributed by atoms with Gasteiger partial charge in [-0.1, -0.05) is 65.7 Å². The monoisotopic (exact) mass is 495 g/mol. The van der Waals surface area contributed by atoms with Gasteiger partial charge in [0.25, 0.3) is 9.84 Å². The Morgan fingerprint density at radius 3 is 2.21 bits per heavy atom. The van der Waals surface area contributed by atoms with E-state index in [9.17, 15) is 13.2 Å². The number of carbonyl (C=O) groups is 1. The minimum Gasteiger partial charge on any atom is -0.316 e. The van der Waals surface area contributed by atoms with E-state index in [0.29, 0.717) is 34.8 Å². The third-order valence-corrected chi connectivity index (χ3v) is 6.78. The zero-order valence-electron chi connectivity index (χ0n) is 16.9. The van der Waals surface area contributed by atoms with Crippen molar-refractivity contribution in [3.63, 3.8) is 0 Å². The summed E-state index contributed by atoms with van der Waals surface area (Å²) in [6.07, 6.45) is 0.659. The Morgan fingerprint density at radius 2 is 1.58 bits per heavy atom. The fourth-order valence-corrected chi connectivity index (χ4v) is 4.67. The number of aromatic nitrogens is 2. The number of nitriles is 1. The molecule has 0 bridgehead atoms. The van der Waals surface area contributed by atoms with Gasteiger partial charge >= 0.3 is 0 Å². The van der Waals surface area contributed by atoms with Gasteiger partial charge < -0.3 is 4.57 Å². The van der Waals surface area contributed by atoms with Crippen LogP contribution in [0.15, 0.2) is 77.7 Å². The highest BCUT2D eigenvalue weighted by Crippen LogP contribution is 2.30. The van der Waals surface area contributed by atoms with Crippen LogP contribution in [-0.2, 0) is 16.4 Å². The van der Waals surface area contributed by atoms with Gasteiger partial charge in [-0.05, 0) is 41.5 Å². The average Bonchev–Trinajstić information content (AvgIpc) is 3.14. The number of nitrogens with zero attached hydrogens (tertiary/aromatic N) is 3. The third kappa shape index (κ3) is 4.55. The molecule has 0 aliphatic rings. The second-order valence-corrected chi connectivity index (χ2v) is 9.53. The van der Waals surface area contributed by atoms with Crippen LogP contribution in [0.4, 0.5) is 0 Å². The first-order valence-corrected chi connectivity index (χ1v) is 11.9. The SMILES string of the molecule is N#CS(=O)(=O)c1ccccc1-c1ccc(Cn2c(-c3ccc(Cl)cc3)nc(Cl)c2C=O)cc1. The Labute approximate surface area is 200 Å². The number of hydrogen-bond acceptors (Lipinski definition) is 5. The molecule has 0 fully saturated rings. The molecule has 0 atom stereocenters. The number of carbonyl (C=O) groups excluding carboxylic acids is 1. The summed E-state index contributed by atoms with van der Waals surface area (Å²) in [5.74, 6) is 0.522. The molecule has 0 N–H and O–H groups in total. The van der Waals surface area contributed by atoms with Gasteiger partial charge in [0.1, 0.15) is 11.5 Å².